The van der Waals surface area contributed by atoms with E-state index in [1.54, 1.807) is 6.07 Å². The number of hydrogen-bond donors (Lipinski definition) is 0. The molecule has 94 valence electrons. The number of likely N-dealkylation sites (tertiary alicyclic amines) is 1. The second-order valence-corrected chi connectivity index (χ2v) is 6.34. The second kappa shape index (κ2) is 5.13. The highest BCUT2D eigenvalue weighted by atomic mass is 35.5. The SMILES string of the molecule is CC1(C)CCCN(Cc2nc(Cl)ccc2Cl)C1. The van der Waals surface area contributed by atoms with Gasteiger partial charge in [0.15, 0.2) is 0 Å². The monoisotopic (exact) mass is 272 g/mol. The van der Waals surface area contributed by atoms with Crippen molar-refractivity contribution in [3.63, 3.8) is 0 Å². The van der Waals surface area contributed by atoms with Gasteiger partial charge in [-0.25, -0.2) is 4.98 Å². The smallest absolute Gasteiger partial charge is 0.129 e. The summed E-state index contributed by atoms with van der Waals surface area (Å²) in [5.41, 5.74) is 1.28. The van der Waals surface area contributed by atoms with Gasteiger partial charge in [-0.3, -0.25) is 4.90 Å². The maximum absolute atomic E-state index is 6.14. The molecule has 0 atom stereocenters. The van der Waals surface area contributed by atoms with Gasteiger partial charge in [-0.05, 0) is 36.9 Å². The van der Waals surface area contributed by atoms with Crippen molar-refractivity contribution in [3.05, 3.63) is 28.0 Å². The Kier molecular flexibility index (Phi) is 3.96. The first kappa shape index (κ1) is 13.1. The third-order valence-electron chi connectivity index (χ3n) is 3.24. The van der Waals surface area contributed by atoms with Gasteiger partial charge in [-0.15, -0.1) is 0 Å². The molecule has 1 aromatic rings. The average molecular weight is 273 g/mol. The number of piperidine rings is 1. The van der Waals surface area contributed by atoms with E-state index in [9.17, 15) is 0 Å². The molecule has 0 aromatic carbocycles. The Bertz CT molecular complexity index is 404. The molecule has 2 rings (SSSR count). The highest BCUT2D eigenvalue weighted by molar-refractivity contribution is 6.32. The number of rotatable bonds is 2. The lowest BCUT2D eigenvalue weighted by molar-refractivity contribution is 0.110. The normalized spacial score (nSPS) is 20.5. The molecule has 0 saturated carbocycles. The number of aromatic nitrogens is 1. The molecular formula is C13H18Cl2N2. The van der Waals surface area contributed by atoms with E-state index in [4.69, 9.17) is 23.2 Å². The molecule has 0 bridgehead atoms. The molecule has 1 aromatic heterocycles. The lowest BCUT2D eigenvalue weighted by Crippen LogP contribution is -2.39. The molecule has 17 heavy (non-hydrogen) atoms. The average Bonchev–Trinajstić information content (AvgIpc) is 2.22. The fourth-order valence-electron chi connectivity index (χ4n) is 2.46. The van der Waals surface area contributed by atoms with Crippen LogP contribution in [-0.2, 0) is 6.54 Å². The molecule has 0 aliphatic carbocycles. The molecule has 0 N–H and O–H groups in total. The van der Waals surface area contributed by atoms with Gasteiger partial charge in [-0.2, -0.15) is 0 Å². The quantitative estimate of drug-likeness (QED) is 0.757. The van der Waals surface area contributed by atoms with Crippen LogP contribution < -0.4 is 0 Å². The fraction of sp³-hybridized carbons (Fsp3) is 0.615. The van der Waals surface area contributed by atoms with Gasteiger partial charge in [0.1, 0.15) is 5.15 Å². The predicted molar refractivity (Wildman–Crippen MR) is 72.5 cm³/mol. The summed E-state index contributed by atoms with van der Waals surface area (Å²) in [7, 11) is 0. The minimum absolute atomic E-state index is 0.392. The van der Waals surface area contributed by atoms with Crippen molar-refractivity contribution in [2.45, 2.75) is 33.2 Å². The molecule has 1 aliphatic rings. The summed E-state index contributed by atoms with van der Waals surface area (Å²) < 4.78 is 0. The zero-order chi connectivity index (χ0) is 12.5. The fourth-order valence-corrected chi connectivity index (χ4v) is 2.79. The lowest BCUT2D eigenvalue weighted by atomic mass is 9.84. The van der Waals surface area contributed by atoms with Crippen LogP contribution in [0.3, 0.4) is 0 Å². The van der Waals surface area contributed by atoms with Gasteiger partial charge < -0.3 is 0 Å². The van der Waals surface area contributed by atoms with Crippen LogP contribution in [0.2, 0.25) is 10.2 Å². The number of nitrogens with zero attached hydrogens (tertiary/aromatic N) is 2. The summed E-state index contributed by atoms with van der Waals surface area (Å²) in [4.78, 5) is 6.72. The van der Waals surface area contributed by atoms with E-state index in [2.05, 4.69) is 23.7 Å². The van der Waals surface area contributed by atoms with E-state index < -0.39 is 0 Å². The minimum Gasteiger partial charge on any atom is -0.297 e. The number of halogens is 2. The lowest BCUT2D eigenvalue weighted by Gasteiger charge is -2.37. The molecule has 0 spiro atoms. The summed E-state index contributed by atoms with van der Waals surface area (Å²) in [5.74, 6) is 0. The number of hydrogen-bond acceptors (Lipinski definition) is 2. The van der Waals surface area contributed by atoms with Crippen molar-refractivity contribution in [3.8, 4) is 0 Å². The van der Waals surface area contributed by atoms with Crippen LogP contribution in [0.15, 0.2) is 12.1 Å². The van der Waals surface area contributed by atoms with Crippen molar-refractivity contribution < 1.29 is 0 Å². The zero-order valence-corrected chi connectivity index (χ0v) is 11.9. The molecule has 0 unspecified atom stereocenters. The zero-order valence-electron chi connectivity index (χ0n) is 10.3. The van der Waals surface area contributed by atoms with Crippen molar-refractivity contribution in [1.29, 1.82) is 0 Å². The molecular weight excluding hydrogens is 255 g/mol. The van der Waals surface area contributed by atoms with E-state index in [1.807, 2.05) is 6.07 Å². The summed E-state index contributed by atoms with van der Waals surface area (Å²) in [6.07, 6.45) is 2.53. The van der Waals surface area contributed by atoms with Crippen LogP contribution in [0.4, 0.5) is 0 Å². The van der Waals surface area contributed by atoms with Crippen molar-refractivity contribution in [1.82, 2.24) is 9.88 Å². The Morgan fingerprint density at radius 2 is 2.12 bits per heavy atom. The highest BCUT2D eigenvalue weighted by Crippen LogP contribution is 2.30. The van der Waals surface area contributed by atoms with Crippen LogP contribution in [0.25, 0.3) is 0 Å². The molecule has 0 radical (unpaired) electrons. The number of pyridine rings is 1. The summed E-state index contributed by atoms with van der Waals surface area (Å²) >= 11 is 12.0. The summed E-state index contributed by atoms with van der Waals surface area (Å²) in [6, 6.07) is 3.55. The van der Waals surface area contributed by atoms with Gasteiger partial charge in [-0.1, -0.05) is 37.0 Å². The molecule has 1 saturated heterocycles. The Hall–Kier alpha value is -0.310. The Morgan fingerprint density at radius 3 is 2.82 bits per heavy atom. The standard InChI is InChI=1S/C13H18Cl2N2/c1-13(2)6-3-7-17(9-13)8-11-10(14)4-5-12(15)16-11/h4-5H,3,6-9H2,1-2H3. The Morgan fingerprint density at radius 1 is 1.35 bits per heavy atom. The maximum atomic E-state index is 6.14. The van der Waals surface area contributed by atoms with Crippen LogP contribution in [0.1, 0.15) is 32.4 Å². The van der Waals surface area contributed by atoms with Crippen molar-refractivity contribution in [2.24, 2.45) is 5.41 Å². The summed E-state index contributed by atoms with van der Waals surface area (Å²) in [5, 5.41) is 1.22. The second-order valence-electron chi connectivity index (χ2n) is 5.54. The first-order valence-corrected chi connectivity index (χ1v) is 6.75. The van der Waals surface area contributed by atoms with Gasteiger partial charge in [0.2, 0.25) is 0 Å². The topological polar surface area (TPSA) is 16.1 Å². The highest BCUT2D eigenvalue weighted by Gasteiger charge is 2.26. The molecule has 1 fully saturated rings. The van der Waals surface area contributed by atoms with Crippen LogP contribution in [0, 0.1) is 5.41 Å². The maximum Gasteiger partial charge on any atom is 0.129 e. The first-order chi connectivity index (χ1) is 7.96. The third kappa shape index (κ3) is 3.57. The van der Waals surface area contributed by atoms with Crippen molar-refractivity contribution >= 4 is 23.2 Å². The van der Waals surface area contributed by atoms with Crippen LogP contribution in [0.5, 0.6) is 0 Å². The molecule has 2 nitrogen and oxygen atoms in total. The molecule has 4 heteroatoms. The van der Waals surface area contributed by atoms with E-state index >= 15 is 0 Å². The van der Waals surface area contributed by atoms with Gasteiger partial charge in [0, 0.05) is 13.1 Å². The van der Waals surface area contributed by atoms with Gasteiger partial charge in [0.25, 0.3) is 0 Å². The Balaban J connectivity index is 2.07. The first-order valence-electron chi connectivity index (χ1n) is 6.00. The van der Waals surface area contributed by atoms with Crippen molar-refractivity contribution in [2.75, 3.05) is 13.1 Å². The minimum atomic E-state index is 0.392. The van der Waals surface area contributed by atoms with E-state index in [1.165, 1.54) is 12.8 Å². The van der Waals surface area contributed by atoms with Crippen LogP contribution >= 0.6 is 23.2 Å². The van der Waals surface area contributed by atoms with Crippen LogP contribution in [-0.4, -0.2) is 23.0 Å². The largest absolute Gasteiger partial charge is 0.297 e. The molecule has 0 amide bonds. The Labute approximate surface area is 113 Å². The van der Waals surface area contributed by atoms with Gasteiger partial charge >= 0.3 is 0 Å². The van der Waals surface area contributed by atoms with E-state index in [0.717, 1.165) is 25.3 Å². The third-order valence-corrected chi connectivity index (χ3v) is 3.79. The van der Waals surface area contributed by atoms with Gasteiger partial charge in [0.05, 0.1) is 10.7 Å². The predicted octanol–water partition coefficient (Wildman–Crippen LogP) is 4.01. The van der Waals surface area contributed by atoms with E-state index in [0.29, 0.717) is 15.6 Å². The molecule has 1 aliphatic heterocycles. The van der Waals surface area contributed by atoms with E-state index in [-0.39, 0.29) is 0 Å². The summed E-state index contributed by atoms with van der Waals surface area (Å²) in [6.45, 7) is 7.63. The molecule has 2 heterocycles.